The molecule has 0 atom stereocenters. The number of guanidine groups is 1. The highest BCUT2D eigenvalue weighted by atomic mass is 16.5. The van der Waals surface area contributed by atoms with Gasteiger partial charge in [0.1, 0.15) is 12.4 Å². The number of methoxy groups -OCH3 is 1. The van der Waals surface area contributed by atoms with Crippen LogP contribution < -0.4 is 15.4 Å². The average Bonchev–Trinajstić information content (AvgIpc) is 2.42. The van der Waals surface area contributed by atoms with Crippen molar-refractivity contribution in [2.45, 2.75) is 20.8 Å². The molecule has 5 heteroatoms. The summed E-state index contributed by atoms with van der Waals surface area (Å²) in [5.41, 5.74) is 2.43. The number of rotatable bonds is 8. The number of hydrogen-bond donors (Lipinski definition) is 2. The molecule has 0 saturated heterocycles. The van der Waals surface area contributed by atoms with Crippen molar-refractivity contribution < 1.29 is 9.47 Å². The minimum atomic E-state index is 0.595. The van der Waals surface area contributed by atoms with Crippen molar-refractivity contribution in [2.24, 2.45) is 4.99 Å². The second-order valence-corrected chi connectivity index (χ2v) is 4.85. The summed E-state index contributed by atoms with van der Waals surface area (Å²) in [5, 5.41) is 6.42. The molecule has 0 bridgehead atoms. The van der Waals surface area contributed by atoms with E-state index in [1.54, 1.807) is 7.11 Å². The molecule has 0 aliphatic rings. The summed E-state index contributed by atoms with van der Waals surface area (Å²) in [5.74, 6) is 1.70. The van der Waals surface area contributed by atoms with Crippen LogP contribution in [0.3, 0.4) is 0 Å². The lowest BCUT2D eigenvalue weighted by molar-refractivity contribution is 0.208. The maximum Gasteiger partial charge on any atom is 0.191 e. The molecule has 0 saturated carbocycles. The van der Waals surface area contributed by atoms with Crippen LogP contribution in [0.15, 0.2) is 23.2 Å². The fourth-order valence-corrected chi connectivity index (χ4v) is 1.95. The smallest absolute Gasteiger partial charge is 0.191 e. The molecule has 1 aromatic rings. The summed E-state index contributed by atoms with van der Waals surface area (Å²) < 4.78 is 10.7. The Hall–Kier alpha value is -1.75. The van der Waals surface area contributed by atoms with Crippen molar-refractivity contribution >= 4 is 5.96 Å². The van der Waals surface area contributed by atoms with E-state index in [-0.39, 0.29) is 0 Å². The maximum atomic E-state index is 5.75. The number of nitrogens with one attached hydrogen (secondary N) is 2. The third kappa shape index (κ3) is 7.56. The standard InChI is InChI=1S/C16H27N3O2/c1-5-17-16(18-6-8-20-4)19-7-9-21-15-11-13(2)10-14(3)12-15/h10-12H,5-9H2,1-4H3,(H2,17,18,19). The monoisotopic (exact) mass is 293 g/mol. The van der Waals surface area contributed by atoms with Crippen LogP contribution >= 0.6 is 0 Å². The Labute approximate surface area is 127 Å². The topological polar surface area (TPSA) is 54.9 Å². The first-order chi connectivity index (χ1) is 10.2. The van der Waals surface area contributed by atoms with Crippen LogP contribution in [0.1, 0.15) is 18.1 Å². The normalized spacial score (nSPS) is 11.3. The summed E-state index contributed by atoms with van der Waals surface area (Å²) >= 11 is 0. The highest BCUT2D eigenvalue weighted by Gasteiger charge is 1.99. The van der Waals surface area contributed by atoms with Gasteiger partial charge in [-0.25, -0.2) is 0 Å². The zero-order valence-electron chi connectivity index (χ0n) is 13.5. The first kappa shape index (κ1) is 17.3. The molecule has 2 N–H and O–H groups in total. The molecule has 0 amide bonds. The summed E-state index contributed by atoms with van der Waals surface area (Å²) in [6.07, 6.45) is 0. The van der Waals surface area contributed by atoms with Crippen molar-refractivity contribution in [1.82, 2.24) is 10.6 Å². The van der Waals surface area contributed by atoms with Gasteiger partial charge in [-0.3, -0.25) is 4.99 Å². The summed E-state index contributed by atoms with van der Waals surface area (Å²) in [7, 11) is 1.67. The van der Waals surface area contributed by atoms with E-state index in [1.165, 1.54) is 11.1 Å². The second kappa shape index (κ2) is 10.0. The number of hydrogen-bond acceptors (Lipinski definition) is 3. The Morgan fingerprint density at radius 2 is 1.81 bits per heavy atom. The lowest BCUT2D eigenvalue weighted by Gasteiger charge is -2.12. The van der Waals surface area contributed by atoms with E-state index in [0.29, 0.717) is 26.3 Å². The third-order valence-corrected chi connectivity index (χ3v) is 2.77. The predicted molar refractivity (Wildman–Crippen MR) is 87.3 cm³/mol. The highest BCUT2D eigenvalue weighted by molar-refractivity contribution is 5.79. The minimum Gasteiger partial charge on any atom is -0.492 e. The summed E-state index contributed by atoms with van der Waals surface area (Å²) in [6.45, 7) is 9.58. The average molecular weight is 293 g/mol. The van der Waals surface area contributed by atoms with Crippen molar-refractivity contribution in [1.29, 1.82) is 0 Å². The molecule has 118 valence electrons. The van der Waals surface area contributed by atoms with Crippen LogP contribution in [0.5, 0.6) is 5.75 Å². The van der Waals surface area contributed by atoms with Gasteiger partial charge in [-0.2, -0.15) is 0 Å². The molecule has 0 heterocycles. The van der Waals surface area contributed by atoms with Gasteiger partial charge >= 0.3 is 0 Å². The third-order valence-electron chi connectivity index (χ3n) is 2.77. The van der Waals surface area contributed by atoms with E-state index in [9.17, 15) is 0 Å². The van der Waals surface area contributed by atoms with Gasteiger partial charge < -0.3 is 20.1 Å². The van der Waals surface area contributed by atoms with E-state index < -0.39 is 0 Å². The van der Waals surface area contributed by atoms with Crippen LogP contribution in [-0.2, 0) is 4.74 Å². The lowest BCUT2D eigenvalue weighted by atomic mass is 10.1. The number of nitrogens with zero attached hydrogens (tertiary/aromatic N) is 1. The molecule has 0 spiro atoms. The van der Waals surface area contributed by atoms with E-state index in [1.807, 2.05) is 19.1 Å². The molecule has 0 aliphatic heterocycles. The van der Waals surface area contributed by atoms with Crippen molar-refractivity contribution in [2.75, 3.05) is 40.0 Å². The van der Waals surface area contributed by atoms with Gasteiger partial charge in [0.15, 0.2) is 5.96 Å². The molecule has 21 heavy (non-hydrogen) atoms. The van der Waals surface area contributed by atoms with Crippen LogP contribution in [0.25, 0.3) is 0 Å². The van der Waals surface area contributed by atoms with E-state index in [2.05, 4.69) is 35.5 Å². The second-order valence-electron chi connectivity index (χ2n) is 4.85. The van der Waals surface area contributed by atoms with E-state index in [0.717, 1.165) is 18.3 Å². The van der Waals surface area contributed by atoms with Crippen LogP contribution in [-0.4, -0.2) is 45.9 Å². The van der Waals surface area contributed by atoms with Gasteiger partial charge in [0, 0.05) is 13.7 Å². The zero-order chi connectivity index (χ0) is 15.5. The first-order valence-corrected chi connectivity index (χ1v) is 7.38. The first-order valence-electron chi connectivity index (χ1n) is 7.38. The van der Waals surface area contributed by atoms with E-state index >= 15 is 0 Å². The molecule has 0 aliphatic carbocycles. The molecule has 1 rings (SSSR count). The molecule has 0 fully saturated rings. The molecule has 0 radical (unpaired) electrons. The highest BCUT2D eigenvalue weighted by Crippen LogP contribution is 2.15. The largest absolute Gasteiger partial charge is 0.492 e. The van der Waals surface area contributed by atoms with Gasteiger partial charge in [-0.05, 0) is 44.0 Å². The summed E-state index contributed by atoms with van der Waals surface area (Å²) in [6, 6.07) is 6.23. The van der Waals surface area contributed by atoms with Gasteiger partial charge in [0.2, 0.25) is 0 Å². The Bertz CT molecular complexity index is 427. The number of aliphatic imine (C=N–C) groups is 1. The lowest BCUT2D eigenvalue weighted by Crippen LogP contribution is -2.39. The minimum absolute atomic E-state index is 0.595. The van der Waals surface area contributed by atoms with E-state index in [4.69, 9.17) is 9.47 Å². The number of aryl methyl sites for hydroxylation is 2. The molecule has 0 aromatic heterocycles. The fraction of sp³-hybridized carbons (Fsp3) is 0.562. The number of ether oxygens (including phenoxy) is 2. The molecule has 0 unspecified atom stereocenters. The molecule has 1 aromatic carbocycles. The SMILES string of the molecule is CCNC(=NCCOC)NCCOc1cc(C)cc(C)c1. The van der Waals surface area contributed by atoms with Gasteiger partial charge in [-0.15, -0.1) is 0 Å². The molecule has 5 nitrogen and oxygen atoms in total. The van der Waals surface area contributed by atoms with Crippen molar-refractivity contribution in [3.05, 3.63) is 29.3 Å². The molecular formula is C16H27N3O2. The number of benzene rings is 1. The van der Waals surface area contributed by atoms with Gasteiger partial charge in [0.05, 0.1) is 19.7 Å². The van der Waals surface area contributed by atoms with Crippen LogP contribution in [0.2, 0.25) is 0 Å². The quantitative estimate of drug-likeness (QED) is 0.436. The Morgan fingerprint density at radius 1 is 1.10 bits per heavy atom. The van der Waals surface area contributed by atoms with Crippen molar-refractivity contribution in [3.63, 3.8) is 0 Å². The fourth-order valence-electron chi connectivity index (χ4n) is 1.95. The Morgan fingerprint density at radius 3 is 2.43 bits per heavy atom. The predicted octanol–water partition coefficient (Wildman–Crippen LogP) is 1.88. The Kier molecular flexibility index (Phi) is 8.28. The van der Waals surface area contributed by atoms with Gasteiger partial charge in [-0.1, -0.05) is 6.07 Å². The zero-order valence-corrected chi connectivity index (χ0v) is 13.5. The maximum absolute atomic E-state index is 5.75. The van der Waals surface area contributed by atoms with Gasteiger partial charge in [0.25, 0.3) is 0 Å². The van der Waals surface area contributed by atoms with Crippen LogP contribution in [0.4, 0.5) is 0 Å². The summed E-state index contributed by atoms with van der Waals surface area (Å²) in [4.78, 5) is 4.39. The van der Waals surface area contributed by atoms with Crippen molar-refractivity contribution in [3.8, 4) is 5.75 Å². The van der Waals surface area contributed by atoms with Crippen LogP contribution in [0, 0.1) is 13.8 Å². The Balaban J connectivity index is 2.34. The molecular weight excluding hydrogens is 266 g/mol.